The van der Waals surface area contributed by atoms with Crippen LogP contribution in [0.3, 0.4) is 0 Å². The molecule has 0 bridgehead atoms. The van der Waals surface area contributed by atoms with Gasteiger partial charge in [-0.2, -0.15) is 23.5 Å². The summed E-state index contributed by atoms with van der Waals surface area (Å²) in [5.74, 6) is 3.16. The monoisotopic (exact) mass is 519 g/mol. The zero-order valence-corrected chi connectivity index (χ0v) is 19.8. The van der Waals surface area contributed by atoms with Crippen LogP contribution in [0.2, 0.25) is 0 Å². The zero-order valence-electron chi connectivity index (χ0n) is 19.8. The zero-order chi connectivity index (χ0) is 26.8. The van der Waals surface area contributed by atoms with Crippen molar-refractivity contribution in [1.82, 2.24) is 20.1 Å². The molecule has 2 aromatic heterocycles. The van der Waals surface area contributed by atoms with Gasteiger partial charge in [0.05, 0.1) is 44.2 Å². The third-order valence-corrected chi connectivity index (χ3v) is 5.38. The summed E-state index contributed by atoms with van der Waals surface area (Å²) in [6.07, 6.45) is -0.221. The number of carbonyl (C=O) groups is 1. The molecule has 1 fully saturated rings. The number of carbonyl (C=O) groups excluding carboxylic acids is 1. The van der Waals surface area contributed by atoms with Gasteiger partial charge in [0.1, 0.15) is 29.6 Å². The van der Waals surface area contributed by atoms with Crippen LogP contribution in [-0.4, -0.2) is 78.5 Å². The lowest BCUT2D eigenvalue weighted by molar-refractivity contribution is -0.138. The molecule has 1 atom stereocenters. The van der Waals surface area contributed by atoms with Gasteiger partial charge in [-0.1, -0.05) is 0 Å². The van der Waals surface area contributed by atoms with Gasteiger partial charge in [0.15, 0.2) is 0 Å². The number of rotatable bonds is 8. The molecular formula is C23H24F3N7O4. The van der Waals surface area contributed by atoms with E-state index in [2.05, 4.69) is 32.2 Å². The summed E-state index contributed by atoms with van der Waals surface area (Å²) >= 11 is 0. The smallest absolute Gasteiger partial charge is 0.423 e. The number of amides is 1. The summed E-state index contributed by atoms with van der Waals surface area (Å²) in [5.41, 5.74) is -2.91. The number of hydrogen-bond donors (Lipinski definition) is 2. The Morgan fingerprint density at radius 1 is 1.27 bits per heavy atom. The summed E-state index contributed by atoms with van der Waals surface area (Å²) in [5, 5.41) is 16.5. The second-order valence-corrected chi connectivity index (χ2v) is 7.84. The van der Waals surface area contributed by atoms with Crippen molar-refractivity contribution in [3.05, 3.63) is 46.0 Å². The fourth-order valence-electron chi connectivity index (χ4n) is 3.57. The molecule has 2 aromatic rings. The first-order valence-electron chi connectivity index (χ1n) is 11.1. The number of aromatic amines is 1. The highest BCUT2D eigenvalue weighted by atomic mass is 19.4. The maximum Gasteiger partial charge on any atom is 0.423 e. The van der Waals surface area contributed by atoms with E-state index in [0.29, 0.717) is 31.7 Å². The Hall–Kier alpha value is -4.30. The third-order valence-electron chi connectivity index (χ3n) is 5.38. The van der Waals surface area contributed by atoms with E-state index >= 15 is 0 Å². The van der Waals surface area contributed by atoms with Crippen LogP contribution < -0.4 is 15.8 Å². The fourth-order valence-corrected chi connectivity index (χ4v) is 3.57. The molecule has 1 amide bonds. The van der Waals surface area contributed by atoms with E-state index in [1.54, 1.807) is 22.1 Å². The van der Waals surface area contributed by atoms with Crippen molar-refractivity contribution >= 4 is 17.4 Å². The number of hydrogen-bond acceptors (Lipinski definition) is 9. The molecule has 0 spiro atoms. The predicted octanol–water partition coefficient (Wildman–Crippen LogP) is 1.20. The first kappa shape index (κ1) is 27.3. The van der Waals surface area contributed by atoms with Crippen LogP contribution >= 0.6 is 0 Å². The molecule has 1 unspecified atom stereocenters. The summed E-state index contributed by atoms with van der Waals surface area (Å²) < 4.78 is 50.0. The van der Waals surface area contributed by atoms with E-state index in [1.165, 1.54) is 13.3 Å². The minimum absolute atomic E-state index is 0.0167. The second kappa shape index (κ2) is 12.6. The van der Waals surface area contributed by atoms with Gasteiger partial charge in [-0.25, -0.2) is 10.1 Å². The van der Waals surface area contributed by atoms with Crippen molar-refractivity contribution in [2.75, 3.05) is 56.7 Å². The van der Waals surface area contributed by atoms with Gasteiger partial charge in [0, 0.05) is 32.4 Å². The summed E-state index contributed by atoms with van der Waals surface area (Å²) in [6, 6.07) is 4.50. The summed E-state index contributed by atoms with van der Waals surface area (Å²) in [4.78, 5) is 32.2. The van der Waals surface area contributed by atoms with Crippen molar-refractivity contribution in [2.24, 2.45) is 0 Å². The Balaban J connectivity index is 1.49. The number of aromatic nitrogens is 3. The number of ether oxygens (including phenoxy) is 2. The normalized spacial score (nSPS) is 14.2. The van der Waals surface area contributed by atoms with E-state index in [-0.39, 0.29) is 25.5 Å². The second-order valence-electron chi connectivity index (χ2n) is 7.84. The molecule has 14 heteroatoms. The lowest BCUT2D eigenvalue weighted by Gasteiger charge is -2.35. The number of nitrogens with zero attached hydrogens (tertiary/aromatic N) is 5. The van der Waals surface area contributed by atoms with Gasteiger partial charge in [-0.15, -0.1) is 0 Å². The van der Waals surface area contributed by atoms with Gasteiger partial charge >= 0.3 is 6.18 Å². The highest BCUT2D eigenvalue weighted by Crippen LogP contribution is 2.31. The highest BCUT2D eigenvalue weighted by molar-refractivity contribution is 5.76. The Kier molecular flexibility index (Phi) is 9.29. The van der Waals surface area contributed by atoms with Gasteiger partial charge in [0.25, 0.3) is 5.56 Å². The quantitative estimate of drug-likeness (QED) is 0.389. The molecule has 3 heterocycles. The average Bonchev–Trinajstić information content (AvgIpc) is 2.88. The molecule has 2 N–H and O–H groups in total. The van der Waals surface area contributed by atoms with Crippen molar-refractivity contribution in [3.8, 4) is 18.1 Å². The predicted molar refractivity (Wildman–Crippen MR) is 125 cm³/mol. The van der Waals surface area contributed by atoms with Crippen LogP contribution in [0.5, 0.6) is 0 Å². The molecule has 1 aliphatic rings. The molecule has 3 rings (SSSR count). The van der Waals surface area contributed by atoms with E-state index < -0.39 is 29.0 Å². The van der Waals surface area contributed by atoms with Crippen LogP contribution in [0.4, 0.5) is 24.7 Å². The Morgan fingerprint density at radius 3 is 2.65 bits per heavy atom. The topological polar surface area (TPSA) is 136 Å². The van der Waals surface area contributed by atoms with E-state index in [4.69, 9.17) is 10.00 Å². The van der Waals surface area contributed by atoms with Gasteiger partial charge in [-0.3, -0.25) is 9.59 Å². The molecule has 37 heavy (non-hydrogen) atoms. The number of anilines is 2. The fraction of sp³-hybridized carbons (Fsp3) is 0.435. The van der Waals surface area contributed by atoms with Gasteiger partial charge in [0.2, 0.25) is 5.91 Å². The number of nitrogens with one attached hydrogen (secondary N) is 2. The van der Waals surface area contributed by atoms with Crippen molar-refractivity contribution in [2.45, 2.75) is 18.6 Å². The molecule has 1 saturated heterocycles. The molecule has 0 aliphatic carbocycles. The average molecular weight is 519 g/mol. The Morgan fingerprint density at radius 2 is 2.03 bits per heavy atom. The molecule has 11 nitrogen and oxygen atoms in total. The molecule has 0 aromatic carbocycles. The minimum Gasteiger partial charge on any atom is -0.450 e. The first-order valence-corrected chi connectivity index (χ1v) is 11.1. The number of halogens is 3. The van der Waals surface area contributed by atoms with E-state index in [9.17, 15) is 22.8 Å². The molecule has 0 radical (unpaired) electrons. The van der Waals surface area contributed by atoms with Crippen LogP contribution in [0, 0.1) is 23.4 Å². The minimum atomic E-state index is -4.91. The lowest BCUT2D eigenvalue weighted by atomic mass is 10.2. The Bertz CT molecular complexity index is 1220. The molecule has 0 saturated carbocycles. The molecule has 196 valence electrons. The number of H-pyrrole nitrogens is 1. The van der Waals surface area contributed by atoms with Gasteiger partial charge < -0.3 is 24.6 Å². The van der Waals surface area contributed by atoms with E-state index in [0.717, 1.165) is 12.0 Å². The molecular weight excluding hydrogens is 495 g/mol. The number of nitriles is 1. The van der Waals surface area contributed by atoms with Crippen molar-refractivity contribution in [3.63, 3.8) is 0 Å². The van der Waals surface area contributed by atoms with Crippen LogP contribution in [0.25, 0.3) is 0 Å². The first-order chi connectivity index (χ1) is 17.7. The summed E-state index contributed by atoms with van der Waals surface area (Å²) in [7, 11) is 1.29. The third kappa shape index (κ3) is 7.59. The van der Waals surface area contributed by atoms with Crippen molar-refractivity contribution in [1.29, 1.82) is 5.26 Å². The largest absolute Gasteiger partial charge is 0.450 e. The molecule has 1 aliphatic heterocycles. The summed E-state index contributed by atoms with van der Waals surface area (Å²) in [6.45, 7) is 1.97. The number of methoxy groups -OCH3 is 1. The number of alkyl halides is 3. The van der Waals surface area contributed by atoms with Crippen LogP contribution in [-0.2, 0) is 20.4 Å². The van der Waals surface area contributed by atoms with Crippen molar-refractivity contribution < 1.29 is 27.4 Å². The lowest BCUT2D eigenvalue weighted by Crippen LogP contribution is -2.49. The Labute approximate surface area is 210 Å². The van der Waals surface area contributed by atoms with Crippen LogP contribution in [0.1, 0.15) is 17.5 Å². The van der Waals surface area contributed by atoms with E-state index in [1.807, 2.05) is 11.0 Å². The SMILES string of the molecule is COC#CC(COCCC(=O)N1CCN(c2ccc(C#N)cn2)CC1)Nc1cn[nH]c(=O)c1C(F)(F)F. The highest BCUT2D eigenvalue weighted by Gasteiger charge is 2.37. The van der Waals surface area contributed by atoms with Crippen LogP contribution in [0.15, 0.2) is 29.3 Å². The van der Waals surface area contributed by atoms with Gasteiger partial charge in [-0.05, 0) is 18.1 Å². The standard InChI is InChI=1S/C23H24F3N7O4/c1-36-10-4-17(30-18-14-29-31-22(35)21(18)23(24,25)26)15-37-11-5-20(34)33-8-6-32(7-9-33)19-3-2-16(12-27)13-28-19/h2-3,13-14,17H,5-9,11,15H2,1H3,(H2,30,31,35). The number of piperazine rings is 1. The maximum absolute atomic E-state index is 13.3. The number of pyridine rings is 1. The maximum atomic E-state index is 13.3.